The molecule has 10 nitrogen and oxygen atoms in total. The minimum Gasteiger partial charge on any atom is -0.466 e. The van der Waals surface area contributed by atoms with Crippen LogP contribution in [0.4, 0.5) is 5.82 Å². The molecule has 1 amide bonds. The van der Waals surface area contributed by atoms with Crippen LogP contribution in [-0.2, 0) is 9.53 Å². The molecule has 1 atom stereocenters. The average molecular weight is 384 g/mol. The first-order valence-corrected chi connectivity index (χ1v) is 9.09. The normalized spacial score (nSPS) is 17.0. The lowest BCUT2D eigenvalue weighted by Crippen LogP contribution is -2.43. The van der Waals surface area contributed by atoms with Crippen molar-refractivity contribution in [2.45, 2.75) is 19.8 Å². The number of hydrogen-bond donors (Lipinski definition) is 1. The fraction of sp³-hybridized carbons (Fsp3) is 0.389. The Labute approximate surface area is 160 Å². The summed E-state index contributed by atoms with van der Waals surface area (Å²) >= 11 is 0. The summed E-state index contributed by atoms with van der Waals surface area (Å²) in [5.74, 6) is 0.0263. The summed E-state index contributed by atoms with van der Waals surface area (Å²) in [4.78, 5) is 35.1. The highest BCUT2D eigenvalue weighted by Crippen LogP contribution is 2.22. The Morgan fingerprint density at radius 3 is 3.00 bits per heavy atom. The highest BCUT2D eigenvalue weighted by Gasteiger charge is 2.30. The predicted molar refractivity (Wildman–Crippen MR) is 98.2 cm³/mol. The monoisotopic (exact) mass is 384 g/mol. The lowest BCUT2D eigenvalue weighted by atomic mass is 9.98. The molecule has 0 bridgehead atoms. The number of likely N-dealkylation sites (tertiary alicyclic amines) is 1. The summed E-state index contributed by atoms with van der Waals surface area (Å²) in [7, 11) is 0. The van der Waals surface area contributed by atoms with Gasteiger partial charge in [0, 0.05) is 13.1 Å². The molecule has 3 aromatic heterocycles. The number of carbonyl (C=O) groups is 2. The number of ether oxygens (including phenoxy) is 1. The number of nitrogen functional groups attached to an aromatic ring is 1. The van der Waals surface area contributed by atoms with E-state index in [4.69, 9.17) is 14.9 Å². The SMILES string of the molecule is CCOC(=O)[C@H]1CCCN(C(=O)c2cn3nc(-c4ccco4)nc3c(N)n2)C1. The van der Waals surface area contributed by atoms with E-state index in [0.29, 0.717) is 43.3 Å². The number of carbonyl (C=O) groups excluding carboxylic acids is 2. The van der Waals surface area contributed by atoms with Gasteiger partial charge in [0.05, 0.1) is 25.0 Å². The number of furan rings is 1. The van der Waals surface area contributed by atoms with Gasteiger partial charge in [-0.05, 0) is 31.9 Å². The third kappa shape index (κ3) is 3.28. The summed E-state index contributed by atoms with van der Waals surface area (Å²) in [6.45, 7) is 2.93. The summed E-state index contributed by atoms with van der Waals surface area (Å²) in [5, 5.41) is 4.32. The van der Waals surface area contributed by atoms with Crippen LogP contribution in [0.5, 0.6) is 0 Å². The average Bonchev–Trinajstić information content (AvgIpc) is 3.37. The third-order valence-electron chi connectivity index (χ3n) is 4.64. The molecule has 0 aliphatic carbocycles. The fourth-order valence-corrected chi connectivity index (χ4v) is 3.30. The van der Waals surface area contributed by atoms with E-state index in [0.717, 1.165) is 6.42 Å². The lowest BCUT2D eigenvalue weighted by Gasteiger charge is -2.31. The smallest absolute Gasteiger partial charge is 0.310 e. The number of piperidine rings is 1. The summed E-state index contributed by atoms with van der Waals surface area (Å²) in [6.07, 6.45) is 4.43. The highest BCUT2D eigenvalue weighted by atomic mass is 16.5. The van der Waals surface area contributed by atoms with Crippen LogP contribution in [0, 0.1) is 5.92 Å². The molecule has 0 radical (unpaired) electrons. The number of rotatable bonds is 4. The largest absolute Gasteiger partial charge is 0.466 e. The van der Waals surface area contributed by atoms with Crippen molar-refractivity contribution in [2.24, 2.45) is 5.92 Å². The number of anilines is 1. The molecule has 0 aromatic carbocycles. The maximum Gasteiger partial charge on any atom is 0.310 e. The fourth-order valence-electron chi connectivity index (χ4n) is 3.30. The Morgan fingerprint density at radius 1 is 1.39 bits per heavy atom. The van der Waals surface area contributed by atoms with Crippen LogP contribution < -0.4 is 5.73 Å². The van der Waals surface area contributed by atoms with Crippen LogP contribution in [0.25, 0.3) is 17.2 Å². The van der Waals surface area contributed by atoms with Gasteiger partial charge in [-0.1, -0.05) is 0 Å². The molecule has 1 saturated heterocycles. The molecule has 10 heteroatoms. The minimum absolute atomic E-state index is 0.0927. The van der Waals surface area contributed by atoms with Gasteiger partial charge in [0.25, 0.3) is 5.91 Å². The molecule has 1 aliphatic heterocycles. The number of aromatic nitrogens is 4. The van der Waals surface area contributed by atoms with E-state index in [1.165, 1.54) is 17.0 Å². The number of nitrogens with two attached hydrogens (primary N) is 1. The molecule has 0 spiro atoms. The minimum atomic E-state index is -0.323. The molecule has 0 saturated carbocycles. The summed E-state index contributed by atoms with van der Waals surface area (Å²) < 4.78 is 11.8. The number of esters is 1. The van der Waals surface area contributed by atoms with Crippen molar-refractivity contribution in [1.29, 1.82) is 0 Å². The Hall–Kier alpha value is -3.43. The molecule has 4 heterocycles. The first-order chi connectivity index (χ1) is 13.6. The molecule has 28 heavy (non-hydrogen) atoms. The van der Waals surface area contributed by atoms with Crippen molar-refractivity contribution in [2.75, 3.05) is 25.4 Å². The van der Waals surface area contributed by atoms with Crippen molar-refractivity contribution in [3.8, 4) is 11.6 Å². The highest BCUT2D eigenvalue weighted by molar-refractivity contribution is 5.93. The van der Waals surface area contributed by atoms with E-state index >= 15 is 0 Å². The molecule has 146 valence electrons. The molecule has 0 unspecified atom stereocenters. The second-order valence-electron chi connectivity index (χ2n) is 6.53. The summed E-state index contributed by atoms with van der Waals surface area (Å²) in [6, 6.07) is 3.46. The molecule has 2 N–H and O–H groups in total. The van der Waals surface area contributed by atoms with Gasteiger partial charge in [-0.3, -0.25) is 9.59 Å². The van der Waals surface area contributed by atoms with Crippen molar-refractivity contribution >= 4 is 23.3 Å². The molecule has 3 aromatic rings. The van der Waals surface area contributed by atoms with Gasteiger partial charge in [-0.25, -0.2) is 14.5 Å². The molecule has 1 fully saturated rings. The van der Waals surface area contributed by atoms with Crippen LogP contribution in [0.15, 0.2) is 29.0 Å². The van der Waals surface area contributed by atoms with Gasteiger partial charge in [0.15, 0.2) is 17.2 Å². The third-order valence-corrected chi connectivity index (χ3v) is 4.64. The van der Waals surface area contributed by atoms with Crippen LogP contribution in [-0.4, -0.2) is 56.1 Å². The second kappa shape index (κ2) is 7.29. The number of amides is 1. The van der Waals surface area contributed by atoms with Gasteiger partial charge in [-0.15, -0.1) is 5.10 Å². The van der Waals surface area contributed by atoms with Gasteiger partial charge >= 0.3 is 5.97 Å². The van der Waals surface area contributed by atoms with Crippen molar-refractivity contribution in [3.05, 3.63) is 30.3 Å². The number of hydrogen-bond acceptors (Lipinski definition) is 8. The molecular formula is C18H20N6O4. The lowest BCUT2D eigenvalue weighted by molar-refractivity contribution is -0.149. The van der Waals surface area contributed by atoms with Crippen LogP contribution >= 0.6 is 0 Å². The quantitative estimate of drug-likeness (QED) is 0.668. The Bertz CT molecular complexity index is 1010. The molecule has 1 aliphatic rings. The Balaban J connectivity index is 1.59. The van der Waals surface area contributed by atoms with Gasteiger partial charge in [-0.2, -0.15) is 0 Å². The molecular weight excluding hydrogens is 364 g/mol. The van der Waals surface area contributed by atoms with Crippen molar-refractivity contribution < 1.29 is 18.7 Å². The molecule has 4 rings (SSSR count). The zero-order valence-electron chi connectivity index (χ0n) is 15.4. The van der Waals surface area contributed by atoms with E-state index in [-0.39, 0.29) is 29.3 Å². The van der Waals surface area contributed by atoms with E-state index in [2.05, 4.69) is 15.1 Å². The first kappa shape index (κ1) is 18.0. The first-order valence-electron chi connectivity index (χ1n) is 9.09. The van der Waals surface area contributed by atoms with Crippen LogP contribution in [0.1, 0.15) is 30.3 Å². The Morgan fingerprint density at radius 2 is 2.25 bits per heavy atom. The van der Waals surface area contributed by atoms with Crippen LogP contribution in [0.3, 0.4) is 0 Å². The van der Waals surface area contributed by atoms with Crippen molar-refractivity contribution in [1.82, 2.24) is 24.5 Å². The standard InChI is InChI=1S/C18H20N6O4/c1-2-27-18(26)11-5-3-7-23(9-11)17(25)12-10-24-16(14(19)20-12)21-15(22-24)13-6-4-8-28-13/h4,6,8,10-11H,2-3,5,7,9H2,1H3,(H2,19,20)/t11-/m0/s1. The zero-order chi connectivity index (χ0) is 19.7. The topological polar surface area (TPSA) is 129 Å². The maximum absolute atomic E-state index is 12.9. The number of fused-ring (bicyclic) bond motifs is 1. The van der Waals surface area contributed by atoms with Crippen molar-refractivity contribution in [3.63, 3.8) is 0 Å². The summed E-state index contributed by atoms with van der Waals surface area (Å²) in [5.41, 5.74) is 6.48. The number of nitrogens with zero attached hydrogens (tertiary/aromatic N) is 5. The van der Waals surface area contributed by atoms with Crippen LogP contribution in [0.2, 0.25) is 0 Å². The van der Waals surface area contributed by atoms with Gasteiger partial charge in [0.2, 0.25) is 5.82 Å². The van der Waals surface area contributed by atoms with E-state index in [9.17, 15) is 9.59 Å². The zero-order valence-corrected chi connectivity index (χ0v) is 15.4. The Kier molecular flexibility index (Phi) is 4.68. The van der Waals surface area contributed by atoms with Gasteiger partial charge in [0.1, 0.15) is 5.69 Å². The second-order valence-corrected chi connectivity index (χ2v) is 6.53. The maximum atomic E-state index is 12.9. The predicted octanol–water partition coefficient (Wildman–Crippen LogP) is 1.38. The van der Waals surface area contributed by atoms with E-state index < -0.39 is 0 Å². The van der Waals surface area contributed by atoms with Gasteiger partial charge < -0.3 is 19.8 Å². The van der Waals surface area contributed by atoms with E-state index in [1.54, 1.807) is 24.0 Å². The van der Waals surface area contributed by atoms with E-state index in [1.807, 2.05) is 0 Å².